The van der Waals surface area contributed by atoms with Gasteiger partial charge in [-0.25, -0.2) is 4.72 Å². The Hall–Kier alpha value is -1.84. The molecule has 1 rings (SSSR count). The Morgan fingerprint density at radius 2 is 1.76 bits per heavy atom. The van der Waals surface area contributed by atoms with Gasteiger partial charge < -0.3 is 14.4 Å². The Kier molecular flexibility index (Phi) is 8.14. The topological polar surface area (TPSA) is 88.2 Å². The third-order valence-corrected chi connectivity index (χ3v) is 5.24. The van der Waals surface area contributed by atoms with Crippen molar-refractivity contribution in [3.05, 3.63) is 23.8 Å². The fourth-order valence-electron chi connectivity index (χ4n) is 2.17. The lowest BCUT2D eigenvalue weighted by atomic mass is 10.1. The Bertz CT molecular complexity index is 676. The minimum Gasteiger partial charge on any atom is -0.493 e. The van der Waals surface area contributed by atoms with Gasteiger partial charge in [-0.05, 0) is 24.1 Å². The van der Waals surface area contributed by atoms with Gasteiger partial charge in [-0.3, -0.25) is 4.79 Å². The molecule has 9 heteroatoms. The summed E-state index contributed by atoms with van der Waals surface area (Å²) >= 11 is 0. The van der Waals surface area contributed by atoms with Crippen molar-refractivity contribution in [1.82, 2.24) is 13.9 Å². The highest BCUT2D eigenvalue weighted by Crippen LogP contribution is 2.27. The number of ether oxygens (including phenoxy) is 2. The predicted molar refractivity (Wildman–Crippen MR) is 96.1 cm³/mol. The SMILES string of the molecule is COc1ccc(CCN(CCNS(=O)(=O)N(C)C)C(C)=O)cc1OC. The highest BCUT2D eigenvalue weighted by atomic mass is 32.2. The van der Waals surface area contributed by atoms with E-state index < -0.39 is 10.2 Å². The molecule has 0 saturated heterocycles. The third kappa shape index (κ3) is 6.52. The van der Waals surface area contributed by atoms with Gasteiger partial charge in [0.2, 0.25) is 5.91 Å². The first-order chi connectivity index (χ1) is 11.7. The fraction of sp³-hybridized carbons (Fsp3) is 0.562. The van der Waals surface area contributed by atoms with Crippen LogP contribution in [0.15, 0.2) is 18.2 Å². The summed E-state index contributed by atoms with van der Waals surface area (Å²) in [5.74, 6) is 1.17. The van der Waals surface area contributed by atoms with Crippen molar-refractivity contribution in [1.29, 1.82) is 0 Å². The van der Waals surface area contributed by atoms with E-state index in [2.05, 4.69) is 4.72 Å². The number of nitrogens with zero attached hydrogens (tertiary/aromatic N) is 2. The number of nitrogens with one attached hydrogen (secondary N) is 1. The van der Waals surface area contributed by atoms with Crippen LogP contribution in [0.3, 0.4) is 0 Å². The summed E-state index contributed by atoms with van der Waals surface area (Å²) in [4.78, 5) is 13.4. The van der Waals surface area contributed by atoms with Gasteiger partial charge in [0, 0.05) is 40.7 Å². The molecular weight excluding hydrogens is 346 g/mol. The van der Waals surface area contributed by atoms with Crippen LogP contribution < -0.4 is 14.2 Å². The van der Waals surface area contributed by atoms with Gasteiger partial charge in [-0.2, -0.15) is 12.7 Å². The molecule has 1 aromatic carbocycles. The molecule has 0 spiro atoms. The average molecular weight is 373 g/mol. The van der Waals surface area contributed by atoms with Crippen molar-refractivity contribution in [2.75, 3.05) is 47.9 Å². The highest BCUT2D eigenvalue weighted by molar-refractivity contribution is 7.87. The maximum atomic E-state index is 11.8. The van der Waals surface area contributed by atoms with Gasteiger partial charge in [0.1, 0.15) is 0 Å². The molecule has 25 heavy (non-hydrogen) atoms. The quantitative estimate of drug-likeness (QED) is 0.645. The molecule has 0 heterocycles. The van der Waals surface area contributed by atoms with Crippen LogP contribution in [0.25, 0.3) is 0 Å². The summed E-state index contributed by atoms with van der Waals surface area (Å²) in [5.41, 5.74) is 0.998. The number of amides is 1. The number of methoxy groups -OCH3 is 2. The summed E-state index contributed by atoms with van der Waals surface area (Å²) in [6, 6.07) is 5.60. The van der Waals surface area contributed by atoms with Crippen molar-refractivity contribution in [3.63, 3.8) is 0 Å². The Balaban J connectivity index is 2.63. The number of hydrogen-bond acceptors (Lipinski definition) is 5. The number of carbonyl (C=O) groups is 1. The maximum Gasteiger partial charge on any atom is 0.278 e. The second-order valence-corrected chi connectivity index (χ2v) is 7.60. The average Bonchev–Trinajstić information content (AvgIpc) is 2.56. The maximum absolute atomic E-state index is 11.8. The first kappa shape index (κ1) is 21.2. The zero-order chi connectivity index (χ0) is 19.0. The minimum absolute atomic E-state index is 0.107. The van der Waals surface area contributed by atoms with Crippen molar-refractivity contribution in [3.8, 4) is 11.5 Å². The molecule has 0 aliphatic carbocycles. The predicted octanol–water partition coefficient (Wildman–Crippen LogP) is 0.491. The van der Waals surface area contributed by atoms with Crippen LogP contribution in [0.2, 0.25) is 0 Å². The van der Waals surface area contributed by atoms with Crippen LogP contribution in [0.5, 0.6) is 11.5 Å². The lowest BCUT2D eigenvalue weighted by Crippen LogP contribution is -2.42. The molecule has 0 atom stereocenters. The summed E-state index contributed by atoms with van der Waals surface area (Å²) in [6.45, 7) is 2.41. The van der Waals surface area contributed by atoms with Gasteiger partial charge in [-0.1, -0.05) is 6.07 Å². The second kappa shape index (κ2) is 9.59. The van der Waals surface area contributed by atoms with Crippen LogP contribution in [0, 0.1) is 0 Å². The molecule has 1 amide bonds. The molecule has 0 aromatic heterocycles. The molecule has 0 radical (unpaired) electrons. The van der Waals surface area contributed by atoms with E-state index in [0.29, 0.717) is 31.0 Å². The van der Waals surface area contributed by atoms with E-state index in [0.717, 1.165) is 9.87 Å². The normalized spacial score (nSPS) is 11.4. The third-order valence-electron chi connectivity index (χ3n) is 3.71. The molecule has 0 fully saturated rings. The first-order valence-electron chi connectivity index (χ1n) is 7.84. The van der Waals surface area contributed by atoms with Gasteiger partial charge in [0.15, 0.2) is 11.5 Å². The van der Waals surface area contributed by atoms with E-state index >= 15 is 0 Å². The summed E-state index contributed by atoms with van der Waals surface area (Å²) in [5, 5.41) is 0. The molecule has 8 nitrogen and oxygen atoms in total. The second-order valence-electron chi connectivity index (χ2n) is 5.63. The smallest absolute Gasteiger partial charge is 0.278 e. The number of benzene rings is 1. The van der Waals surface area contributed by atoms with Gasteiger partial charge >= 0.3 is 0 Å². The molecule has 0 saturated carbocycles. The van der Waals surface area contributed by atoms with Crippen molar-refractivity contribution >= 4 is 16.1 Å². The summed E-state index contributed by atoms with van der Waals surface area (Å²) < 4.78 is 37.4. The molecule has 142 valence electrons. The standard InChI is InChI=1S/C16H27N3O5S/c1-13(20)19(11-9-17-25(21,22)18(2)3)10-8-14-6-7-15(23-4)16(12-14)24-5/h6-7,12,17H,8-11H2,1-5H3. The van der Waals surface area contributed by atoms with E-state index in [1.54, 1.807) is 19.1 Å². The number of hydrogen-bond donors (Lipinski definition) is 1. The Morgan fingerprint density at radius 3 is 2.28 bits per heavy atom. The molecular formula is C16H27N3O5S. The van der Waals surface area contributed by atoms with Crippen LogP contribution in [-0.4, -0.2) is 71.5 Å². The molecule has 0 unspecified atom stereocenters. The van der Waals surface area contributed by atoms with Crippen molar-refractivity contribution in [2.24, 2.45) is 0 Å². The van der Waals surface area contributed by atoms with Crippen LogP contribution in [0.1, 0.15) is 12.5 Å². The Labute approximate surface area is 149 Å². The fourth-order valence-corrected chi connectivity index (χ4v) is 2.77. The largest absolute Gasteiger partial charge is 0.493 e. The lowest BCUT2D eigenvalue weighted by molar-refractivity contribution is -0.128. The van der Waals surface area contributed by atoms with Gasteiger partial charge in [0.05, 0.1) is 14.2 Å². The number of rotatable bonds is 10. The summed E-state index contributed by atoms with van der Waals surface area (Å²) in [7, 11) is 2.55. The highest BCUT2D eigenvalue weighted by Gasteiger charge is 2.14. The van der Waals surface area contributed by atoms with Crippen LogP contribution >= 0.6 is 0 Å². The Morgan fingerprint density at radius 1 is 1.12 bits per heavy atom. The van der Waals surface area contributed by atoms with E-state index in [9.17, 15) is 13.2 Å². The minimum atomic E-state index is -3.49. The van der Waals surface area contributed by atoms with Crippen LogP contribution in [0.4, 0.5) is 0 Å². The van der Waals surface area contributed by atoms with E-state index in [1.165, 1.54) is 21.0 Å². The van der Waals surface area contributed by atoms with Gasteiger partial charge in [-0.15, -0.1) is 0 Å². The monoisotopic (exact) mass is 373 g/mol. The molecule has 0 aliphatic heterocycles. The number of carbonyl (C=O) groups excluding carboxylic acids is 1. The van der Waals surface area contributed by atoms with E-state index in [-0.39, 0.29) is 12.5 Å². The van der Waals surface area contributed by atoms with Gasteiger partial charge in [0.25, 0.3) is 10.2 Å². The van der Waals surface area contributed by atoms with Crippen molar-refractivity contribution in [2.45, 2.75) is 13.3 Å². The van der Waals surface area contributed by atoms with E-state index in [1.807, 2.05) is 18.2 Å². The molecule has 1 aromatic rings. The first-order valence-corrected chi connectivity index (χ1v) is 9.28. The molecule has 0 aliphatic rings. The summed E-state index contributed by atoms with van der Waals surface area (Å²) in [6.07, 6.45) is 0.625. The molecule has 0 bridgehead atoms. The van der Waals surface area contributed by atoms with Crippen LogP contribution in [-0.2, 0) is 21.4 Å². The zero-order valence-corrected chi connectivity index (χ0v) is 16.2. The lowest BCUT2D eigenvalue weighted by Gasteiger charge is -2.22. The van der Waals surface area contributed by atoms with E-state index in [4.69, 9.17) is 9.47 Å². The zero-order valence-electron chi connectivity index (χ0n) is 15.4. The van der Waals surface area contributed by atoms with Crippen molar-refractivity contribution < 1.29 is 22.7 Å². The molecule has 1 N–H and O–H groups in total.